The van der Waals surface area contributed by atoms with Crippen molar-refractivity contribution in [2.45, 2.75) is 24.3 Å². The SMILES string of the molecule is Cc1cc(S(=O)(=O)NCc2ccnn2C)sc1CO. The first kappa shape index (κ1) is 14.2. The zero-order valence-electron chi connectivity index (χ0n) is 10.6. The van der Waals surface area contributed by atoms with Crippen LogP contribution in [0.1, 0.15) is 16.1 Å². The predicted octanol–water partition coefficient (Wildman–Crippen LogP) is 0.761. The van der Waals surface area contributed by atoms with Gasteiger partial charge in [-0.25, -0.2) is 13.1 Å². The lowest BCUT2D eigenvalue weighted by molar-refractivity contribution is 0.285. The number of hydrogen-bond acceptors (Lipinski definition) is 5. The molecule has 104 valence electrons. The van der Waals surface area contributed by atoms with Crippen molar-refractivity contribution in [3.8, 4) is 0 Å². The molecule has 0 radical (unpaired) electrons. The van der Waals surface area contributed by atoms with Gasteiger partial charge in [-0.3, -0.25) is 4.68 Å². The molecule has 2 heterocycles. The van der Waals surface area contributed by atoms with Crippen LogP contribution in [0.5, 0.6) is 0 Å². The Balaban J connectivity index is 2.16. The quantitative estimate of drug-likeness (QED) is 0.854. The lowest BCUT2D eigenvalue weighted by Crippen LogP contribution is -2.23. The lowest BCUT2D eigenvalue weighted by atomic mass is 10.3. The maximum Gasteiger partial charge on any atom is 0.250 e. The molecule has 2 rings (SSSR count). The van der Waals surface area contributed by atoms with Gasteiger partial charge in [-0.1, -0.05) is 0 Å². The van der Waals surface area contributed by atoms with Crippen LogP contribution in [0.3, 0.4) is 0 Å². The molecule has 0 unspecified atom stereocenters. The normalized spacial score (nSPS) is 11.9. The average molecular weight is 301 g/mol. The summed E-state index contributed by atoms with van der Waals surface area (Å²) < 4.78 is 28.6. The first-order valence-electron chi connectivity index (χ1n) is 5.61. The fraction of sp³-hybridized carbons (Fsp3) is 0.364. The van der Waals surface area contributed by atoms with Crippen molar-refractivity contribution >= 4 is 21.4 Å². The van der Waals surface area contributed by atoms with Crippen molar-refractivity contribution in [2.75, 3.05) is 0 Å². The highest BCUT2D eigenvalue weighted by Gasteiger charge is 2.18. The van der Waals surface area contributed by atoms with E-state index in [1.165, 1.54) is 0 Å². The van der Waals surface area contributed by atoms with Crippen molar-refractivity contribution < 1.29 is 13.5 Å². The summed E-state index contributed by atoms with van der Waals surface area (Å²) in [7, 11) is -1.80. The first-order chi connectivity index (χ1) is 8.94. The molecule has 0 aliphatic carbocycles. The molecule has 0 atom stereocenters. The minimum atomic E-state index is -3.55. The van der Waals surface area contributed by atoms with Gasteiger partial charge in [0.2, 0.25) is 10.0 Å². The summed E-state index contributed by atoms with van der Waals surface area (Å²) in [6.45, 7) is 1.82. The van der Waals surface area contributed by atoms with Crippen LogP contribution < -0.4 is 4.72 Å². The van der Waals surface area contributed by atoms with Gasteiger partial charge in [-0.05, 0) is 24.6 Å². The number of thiophene rings is 1. The summed E-state index contributed by atoms with van der Waals surface area (Å²) in [5.74, 6) is 0. The Kier molecular flexibility index (Phi) is 4.04. The summed E-state index contributed by atoms with van der Waals surface area (Å²) in [5, 5.41) is 13.1. The minimum absolute atomic E-state index is 0.145. The van der Waals surface area contributed by atoms with Crippen molar-refractivity contribution in [3.63, 3.8) is 0 Å². The highest BCUT2D eigenvalue weighted by molar-refractivity contribution is 7.91. The Morgan fingerprint density at radius 1 is 1.53 bits per heavy atom. The highest BCUT2D eigenvalue weighted by atomic mass is 32.2. The molecule has 0 aliphatic rings. The van der Waals surface area contributed by atoms with E-state index in [0.29, 0.717) is 4.88 Å². The molecule has 0 bridgehead atoms. The van der Waals surface area contributed by atoms with E-state index in [2.05, 4.69) is 9.82 Å². The van der Waals surface area contributed by atoms with Crippen LogP contribution in [0.15, 0.2) is 22.5 Å². The monoisotopic (exact) mass is 301 g/mol. The van der Waals surface area contributed by atoms with E-state index < -0.39 is 10.0 Å². The molecule has 6 nitrogen and oxygen atoms in total. The number of aliphatic hydroxyl groups excluding tert-OH is 1. The second-order valence-electron chi connectivity index (χ2n) is 4.10. The van der Waals surface area contributed by atoms with Gasteiger partial charge in [0.1, 0.15) is 4.21 Å². The number of aryl methyl sites for hydroxylation is 2. The third-order valence-corrected chi connectivity index (χ3v) is 5.87. The third kappa shape index (κ3) is 3.03. The largest absolute Gasteiger partial charge is 0.391 e. The minimum Gasteiger partial charge on any atom is -0.391 e. The molecule has 0 aliphatic heterocycles. The number of nitrogens with one attached hydrogen (secondary N) is 1. The van der Waals surface area contributed by atoms with Crippen LogP contribution in [0.25, 0.3) is 0 Å². The number of aromatic nitrogens is 2. The van der Waals surface area contributed by atoms with Crippen molar-refractivity contribution in [1.29, 1.82) is 0 Å². The maximum absolute atomic E-state index is 12.1. The molecule has 0 saturated carbocycles. The second kappa shape index (κ2) is 5.41. The summed E-state index contributed by atoms with van der Waals surface area (Å²) >= 11 is 1.08. The average Bonchev–Trinajstić information content (AvgIpc) is 2.93. The summed E-state index contributed by atoms with van der Waals surface area (Å²) in [4.78, 5) is 0.668. The molecule has 2 aromatic rings. The van der Waals surface area contributed by atoms with Gasteiger partial charge in [-0.15, -0.1) is 11.3 Å². The van der Waals surface area contributed by atoms with Gasteiger partial charge >= 0.3 is 0 Å². The predicted molar refractivity (Wildman–Crippen MR) is 72.2 cm³/mol. The van der Waals surface area contributed by atoms with Crippen LogP contribution in [-0.2, 0) is 30.2 Å². The van der Waals surface area contributed by atoms with Gasteiger partial charge < -0.3 is 5.11 Å². The van der Waals surface area contributed by atoms with Crippen molar-refractivity contribution in [3.05, 3.63) is 34.5 Å². The first-order valence-corrected chi connectivity index (χ1v) is 7.90. The molecule has 2 aromatic heterocycles. The lowest BCUT2D eigenvalue weighted by Gasteiger charge is -2.04. The van der Waals surface area contributed by atoms with Crippen LogP contribution in [0, 0.1) is 6.92 Å². The molecule has 19 heavy (non-hydrogen) atoms. The van der Waals surface area contributed by atoms with Gasteiger partial charge in [-0.2, -0.15) is 5.10 Å². The second-order valence-corrected chi connectivity index (χ2v) is 7.23. The Morgan fingerprint density at radius 3 is 2.79 bits per heavy atom. The van der Waals surface area contributed by atoms with Crippen LogP contribution in [0.2, 0.25) is 0 Å². The molecule has 0 spiro atoms. The number of nitrogens with zero attached hydrogens (tertiary/aromatic N) is 2. The Morgan fingerprint density at radius 2 is 2.26 bits per heavy atom. The number of hydrogen-bond donors (Lipinski definition) is 2. The molecular formula is C11H15N3O3S2. The topological polar surface area (TPSA) is 84.2 Å². The summed E-state index contributed by atoms with van der Waals surface area (Å²) in [6, 6.07) is 3.32. The molecule has 8 heteroatoms. The number of sulfonamides is 1. The molecule has 0 amide bonds. The van der Waals surface area contributed by atoms with E-state index >= 15 is 0 Å². The van der Waals surface area contributed by atoms with Crippen molar-refractivity contribution in [1.82, 2.24) is 14.5 Å². The number of rotatable bonds is 5. The molecule has 2 N–H and O–H groups in total. The zero-order valence-corrected chi connectivity index (χ0v) is 12.3. The van der Waals surface area contributed by atoms with Gasteiger partial charge in [0, 0.05) is 18.1 Å². The Bertz CT molecular complexity index is 673. The van der Waals surface area contributed by atoms with Crippen molar-refractivity contribution in [2.24, 2.45) is 7.05 Å². The smallest absolute Gasteiger partial charge is 0.250 e. The fourth-order valence-corrected chi connectivity index (χ4v) is 4.09. The van der Waals surface area contributed by atoms with Gasteiger partial charge in [0.15, 0.2) is 0 Å². The number of aliphatic hydroxyl groups is 1. The molecule has 0 fully saturated rings. The van der Waals surface area contributed by atoms with E-state index in [9.17, 15) is 8.42 Å². The Labute approximate surface area is 115 Å². The third-order valence-electron chi connectivity index (χ3n) is 2.77. The summed E-state index contributed by atoms with van der Waals surface area (Å²) in [6.07, 6.45) is 1.61. The van der Waals surface area contributed by atoms with Gasteiger partial charge in [0.05, 0.1) is 18.8 Å². The highest BCUT2D eigenvalue weighted by Crippen LogP contribution is 2.25. The fourth-order valence-electron chi connectivity index (χ4n) is 1.59. The van der Waals surface area contributed by atoms with E-state index in [1.807, 2.05) is 0 Å². The van der Waals surface area contributed by atoms with E-state index in [1.54, 1.807) is 37.0 Å². The van der Waals surface area contributed by atoms with Crippen LogP contribution in [0.4, 0.5) is 0 Å². The van der Waals surface area contributed by atoms with Crippen LogP contribution in [-0.4, -0.2) is 23.3 Å². The van der Waals surface area contributed by atoms with E-state index in [4.69, 9.17) is 5.11 Å². The summed E-state index contributed by atoms with van der Waals surface area (Å²) in [5.41, 5.74) is 1.56. The molecular weight excluding hydrogens is 286 g/mol. The van der Waals surface area contributed by atoms with E-state index in [0.717, 1.165) is 22.6 Å². The van der Waals surface area contributed by atoms with Gasteiger partial charge in [0.25, 0.3) is 0 Å². The molecule has 0 aromatic carbocycles. The Hall–Kier alpha value is -1.22. The van der Waals surface area contributed by atoms with E-state index in [-0.39, 0.29) is 17.4 Å². The molecule has 0 saturated heterocycles. The standard InChI is InChI=1S/C11H15N3O3S2/c1-8-5-11(18-10(8)7-15)19(16,17)13-6-9-3-4-12-14(9)2/h3-5,13,15H,6-7H2,1-2H3. The zero-order chi connectivity index (χ0) is 14.0. The maximum atomic E-state index is 12.1. The van der Waals surface area contributed by atoms with Crippen LogP contribution >= 0.6 is 11.3 Å².